The molecular formula is C12H19NO2S. The van der Waals surface area contributed by atoms with Gasteiger partial charge in [0.25, 0.3) is 0 Å². The molecule has 3 nitrogen and oxygen atoms in total. The van der Waals surface area contributed by atoms with Crippen molar-refractivity contribution >= 4 is 17.3 Å². The summed E-state index contributed by atoms with van der Waals surface area (Å²) in [6.45, 7) is 7.14. The van der Waals surface area contributed by atoms with Crippen LogP contribution in [0, 0.1) is 5.92 Å². The molecule has 1 atom stereocenters. The predicted octanol–water partition coefficient (Wildman–Crippen LogP) is 2.97. The van der Waals surface area contributed by atoms with E-state index in [0.717, 1.165) is 12.0 Å². The molecule has 1 rings (SSSR count). The van der Waals surface area contributed by atoms with Gasteiger partial charge in [-0.2, -0.15) is 0 Å². The minimum Gasteiger partial charge on any atom is -0.477 e. The Hall–Kier alpha value is -0.870. The second kappa shape index (κ2) is 6.01. The molecule has 0 saturated heterocycles. The number of hydrogen-bond acceptors (Lipinski definition) is 3. The van der Waals surface area contributed by atoms with Gasteiger partial charge in [0.2, 0.25) is 0 Å². The van der Waals surface area contributed by atoms with E-state index in [0.29, 0.717) is 23.4 Å². The van der Waals surface area contributed by atoms with Crippen molar-refractivity contribution in [1.82, 2.24) is 5.32 Å². The molecule has 90 valence electrons. The molecule has 0 bridgehead atoms. The summed E-state index contributed by atoms with van der Waals surface area (Å²) in [7, 11) is 0. The Morgan fingerprint density at radius 3 is 2.75 bits per heavy atom. The topological polar surface area (TPSA) is 49.3 Å². The third kappa shape index (κ3) is 3.94. The summed E-state index contributed by atoms with van der Waals surface area (Å²) in [5.41, 5.74) is 0.883. The zero-order chi connectivity index (χ0) is 12.1. The second-order valence-electron chi connectivity index (χ2n) is 4.49. The molecular weight excluding hydrogens is 222 g/mol. The maximum absolute atomic E-state index is 10.9. The van der Waals surface area contributed by atoms with Crippen LogP contribution in [0.3, 0.4) is 0 Å². The number of carboxylic acids is 1. The summed E-state index contributed by atoms with van der Waals surface area (Å²) >= 11 is 1.28. The molecule has 0 fully saturated rings. The lowest BCUT2D eigenvalue weighted by molar-refractivity contribution is 0.0701. The molecule has 0 aliphatic rings. The summed E-state index contributed by atoms with van der Waals surface area (Å²) in [6.07, 6.45) is 1.10. The maximum atomic E-state index is 10.9. The van der Waals surface area contributed by atoms with E-state index < -0.39 is 5.97 Å². The Bertz CT molecular complexity index is 347. The van der Waals surface area contributed by atoms with Gasteiger partial charge in [-0.05, 0) is 36.3 Å². The molecule has 0 aromatic carbocycles. The first-order chi connectivity index (χ1) is 7.50. The largest absolute Gasteiger partial charge is 0.477 e. The molecule has 0 aliphatic heterocycles. The molecule has 0 radical (unpaired) electrons. The first-order valence-electron chi connectivity index (χ1n) is 5.53. The fourth-order valence-electron chi connectivity index (χ4n) is 1.74. The minimum absolute atomic E-state index is 0.418. The van der Waals surface area contributed by atoms with E-state index in [4.69, 9.17) is 5.11 Å². The monoisotopic (exact) mass is 241 g/mol. The van der Waals surface area contributed by atoms with Gasteiger partial charge in [0.05, 0.1) is 0 Å². The van der Waals surface area contributed by atoms with Crippen molar-refractivity contribution in [3.63, 3.8) is 0 Å². The molecule has 0 aliphatic carbocycles. The van der Waals surface area contributed by atoms with Gasteiger partial charge in [-0.1, -0.05) is 13.8 Å². The Labute approximate surface area is 100 Å². The molecule has 2 N–H and O–H groups in total. The zero-order valence-corrected chi connectivity index (χ0v) is 10.8. The summed E-state index contributed by atoms with van der Waals surface area (Å²) < 4.78 is 0. The summed E-state index contributed by atoms with van der Waals surface area (Å²) in [5, 5.41) is 14.1. The molecule has 0 spiro atoms. The van der Waals surface area contributed by atoms with Crippen LogP contribution in [0.5, 0.6) is 0 Å². The highest BCUT2D eigenvalue weighted by atomic mass is 32.1. The van der Waals surface area contributed by atoms with E-state index in [1.54, 1.807) is 0 Å². The van der Waals surface area contributed by atoms with Crippen LogP contribution in [0.2, 0.25) is 0 Å². The van der Waals surface area contributed by atoms with Crippen molar-refractivity contribution < 1.29 is 9.90 Å². The average Bonchev–Trinajstić information content (AvgIpc) is 2.61. The summed E-state index contributed by atoms with van der Waals surface area (Å²) in [4.78, 5) is 11.3. The van der Waals surface area contributed by atoms with E-state index in [2.05, 4.69) is 26.1 Å². The van der Waals surface area contributed by atoms with E-state index in [1.165, 1.54) is 11.3 Å². The van der Waals surface area contributed by atoms with Gasteiger partial charge in [0.15, 0.2) is 0 Å². The Morgan fingerprint density at radius 1 is 1.50 bits per heavy atom. The van der Waals surface area contributed by atoms with E-state index in [-0.39, 0.29) is 0 Å². The third-order valence-corrected chi connectivity index (χ3v) is 3.35. The van der Waals surface area contributed by atoms with Gasteiger partial charge < -0.3 is 10.4 Å². The number of aromatic carboxylic acids is 1. The van der Waals surface area contributed by atoms with Crippen LogP contribution in [0.25, 0.3) is 0 Å². The average molecular weight is 241 g/mol. The van der Waals surface area contributed by atoms with Crippen LogP contribution in [0.1, 0.15) is 42.4 Å². The van der Waals surface area contributed by atoms with Crippen LogP contribution in [-0.2, 0) is 6.54 Å². The molecule has 16 heavy (non-hydrogen) atoms. The fourth-order valence-corrected chi connectivity index (χ4v) is 2.50. The molecule has 4 heteroatoms. The van der Waals surface area contributed by atoms with Crippen molar-refractivity contribution in [1.29, 1.82) is 0 Å². The Balaban J connectivity index is 2.48. The molecule has 1 aromatic rings. The number of carboxylic acid groups (broad SMARTS) is 1. The van der Waals surface area contributed by atoms with Crippen molar-refractivity contribution in [2.24, 2.45) is 5.92 Å². The van der Waals surface area contributed by atoms with E-state index >= 15 is 0 Å². The van der Waals surface area contributed by atoms with Gasteiger partial charge >= 0.3 is 5.97 Å². The standard InChI is InChI=1S/C12H19NO2S/c1-8(2)6-9(3)13-7-10-4-5-16-11(10)12(14)15/h4-5,8-9,13H,6-7H2,1-3H3,(H,14,15). The van der Waals surface area contributed by atoms with Gasteiger partial charge in [0.1, 0.15) is 4.88 Å². The lowest BCUT2D eigenvalue weighted by Crippen LogP contribution is -2.27. The van der Waals surface area contributed by atoms with Crippen molar-refractivity contribution in [3.05, 3.63) is 21.9 Å². The normalized spacial score (nSPS) is 13.0. The van der Waals surface area contributed by atoms with Crippen LogP contribution < -0.4 is 5.32 Å². The quantitative estimate of drug-likeness (QED) is 0.805. The maximum Gasteiger partial charge on any atom is 0.346 e. The third-order valence-electron chi connectivity index (χ3n) is 2.41. The van der Waals surface area contributed by atoms with Gasteiger partial charge in [-0.25, -0.2) is 4.79 Å². The number of nitrogens with one attached hydrogen (secondary N) is 1. The molecule has 1 unspecified atom stereocenters. The van der Waals surface area contributed by atoms with Crippen molar-refractivity contribution in [3.8, 4) is 0 Å². The number of hydrogen-bond donors (Lipinski definition) is 2. The van der Waals surface area contributed by atoms with Crippen LogP contribution in [-0.4, -0.2) is 17.1 Å². The van der Waals surface area contributed by atoms with Crippen molar-refractivity contribution in [2.75, 3.05) is 0 Å². The summed E-state index contributed by atoms with van der Waals surface area (Å²) in [5.74, 6) is -0.174. The van der Waals surface area contributed by atoms with E-state index in [1.807, 2.05) is 11.4 Å². The SMILES string of the molecule is CC(C)CC(C)NCc1ccsc1C(=O)O. The fraction of sp³-hybridized carbons (Fsp3) is 0.583. The smallest absolute Gasteiger partial charge is 0.346 e. The molecule has 0 saturated carbocycles. The van der Waals surface area contributed by atoms with Gasteiger partial charge in [-0.15, -0.1) is 11.3 Å². The number of rotatable bonds is 6. The Morgan fingerprint density at radius 2 is 2.19 bits per heavy atom. The van der Waals surface area contributed by atoms with Crippen LogP contribution >= 0.6 is 11.3 Å². The minimum atomic E-state index is -0.830. The highest BCUT2D eigenvalue weighted by Gasteiger charge is 2.12. The van der Waals surface area contributed by atoms with Crippen LogP contribution in [0.4, 0.5) is 0 Å². The summed E-state index contributed by atoms with van der Waals surface area (Å²) in [6, 6.07) is 2.30. The second-order valence-corrected chi connectivity index (χ2v) is 5.41. The molecule has 1 aromatic heterocycles. The number of thiophene rings is 1. The predicted molar refractivity (Wildman–Crippen MR) is 67.0 cm³/mol. The highest BCUT2D eigenvalue weighted by molar-refractivity contribution is 7.12. The first-order valence-corrected chi connectivity index (χ1v) is 6.41. The lowest BCUT2D eigenvalue weighted by Gasteiger charge is -2.15. The lowest BCUT2D eigenvalue weighted by atomic mass is 10.1. The van der Waals surface area contributed by atoms with Gasteiger partial charge in [0, 0.05) is 12.6 Å². The van der Waals surface area contributed by atoms with Crippen LogP contribution in [0.15, 0.2) is 11.4 Å². The highest BCUT2D eigenvalue weighted by Crippen LogP contribution is 2.17. The molecule has 1 heterocycles. The Kier molecular flexibility index (Phi) is 4.96. The molecule has 0 amide bonds. The van der Waals surface area contributed by atoms with Crippen molar-refractivity contribution in [2.45, 2.75) is 39.8 Å². The van der Waals surface area contributed by atoms with E-state index in [9.17, 15) is 4.79 Å². The first kappa shape index (κ1) is 13.2. The zero-order valence-electron chi connectivity index (χ0n) is 9.99. The number of carbonyl (C=O) groups is 1. The van der Waals surface area contributed by atoms with Gasteiger partial charge in [-0.3, -0.25) is 0 Å².